The van der Waals surface area contributed by atoms with E-state index >= 15 is 0 Å². The number of nitrogens with one attached hydrogen (secondary N) is 2. The van der Waals surface area contributed by atoms with Crippen molar-refractivity contribution < 1.29 is 9.59 Å². The van der Waals surface area contributed by atoms with E-state index in [9.17, 15) is 9.59 Å². The highest BCUT2D eigenvalue weighted by Gasteiger charge is 2.09. The van der Waals surface area contributed by atoms with Crippen molar-refractivity contribution >= 4 is 50.9 Å². The van der Waals surface area contributed by atoms with E-state index in [0.717, 1.165) is 9.37 Å². The van der Waals surface area contributed by atoms with Crippen molar-refractivity contribution in [3.8, 4) is 0 Å². The first kappa shape index (κ1) is 17.6. The third-order valence-corrected chi connectivity index (χ3v) is 4.46. The van der Waals surface area contributed by atoms with Crippen molar-refractivity contribution in [1.29, 1.82) is 0 Å². The van der Waals surface area contributed by atoms with Crippen LogP contribution in [-0.4, -0.2) is 17.6 Å². The minimum atomic E-state index is -0.183. The average molecular weight is 393 g/mol. The lowest BCUT2D eigenvalue weighted by molar-refractivity contribution is -0.115. The van der Waals surface area contributed by atoms with Crippen LogP contribution in [0.4, 0.5) is 11.4 Å². The van der Waals surface area contributed by atoms with Crippen LogP contribution in [0.15, 0.2) is 51.8 Å². The monoisotopic (exact) mass is 392 g/mol. The molecule has 0 unspecified atom stereocenters. The van der Waals surface area contributed by atoms with Crippen molar-refractivity contribution in [3.63, 3.8) is 0 Å². The molecule has 2 aromatic rings. The van der Waals surface area contributed by atoms with Gasteiger partial charge in [-0.2, -0.15) is 0 Å². The fourth-order valence-corrected chi connectivity index (χ4v) is 2.95. The zero-order chi connectivity index (χ0) is 16.8. The number of anilines is 2. The number of halogens is 1. The molecular weight excluding hydrogens is 376 g/mol. The molecule has 0 bridgehead atoms. The molecule has 0 aliphatic carbocycles. The Morgan fingerprint density at radius 1 is 1.04 bits per heavy atom. The maximum atomic E-state index is 12.1. The second kappa shape index (κ2) is 8.17. The van der Waals surface area contributed by atoms with Crippen molar-refractivity contribution in [1.82, 2.24) is 0 Å². The van der Waals surface area contributed by atoms with E-state index in [-0.39, 0.29) is 11.8 Å². The molecule has 0 atom stereocenters. The van der Waals surface area contributed by atoms with Gasteiger partial charge in [-0.05, 0) is 37.3 Å². The fraction of sp³-hybridized carbons (Fsp3) is 0.176. The van der Waals surface area contributed by atoms with Crippen LogP contribution in [0.25, 0.3) is 0 Å². The molecule has 0 spiro atoms. The number of rotatable bonds is 5. The summed E-state index contributed by atoms with van der Waals surface area (Å²) in [6, 6.07) is 13.3. The summed E-state index contributed by atoms with van der Waals surface area (Å²) in [5.74, 6) is -0.00753. The van der Waals surface area contributed by atoms with Gasteiger partial charge in [-0.15, -0.1) is 11.8 Å². The van der Waals surface area contributed by atoms with Crippen molar-refractivity contribution in [2.75, 3.05) is 16.4 Å². The first-order chi connectivity index (χ1) is 10.9. The number of benzene rings is 2. The van der Waals surface area contributed by atoms with Crippen LogP contribution in [0.3, 0.4) is 0 Å². The molecule has 0 aromatic heterocycles. The predicted octanol–water partition coefficient (Wildman–Crippen LogP) is 4.45. The molecule has 23 heavy (non-hydrogen) atoms. The molecule has 4 nitrogen and oxygen atoms in total. The third kappa shape index (κ3) is 5.73. The number of hydrogen-bond donors (Lipinski definition) is 2. The summed E-state index contributed by atoms with van der Waals surface area (Å²) in [5.41, 5.74) is 2.34. The van der Waals surface area contributed by atoms with Crippen LogP contribution in [0.2, 0.25) is 0 Å². The van der Waals surface area contributed by atoms with E-state index in [1.807, 2.05) is 37.3 Å². The molecular formula is C17H17BrN2O2S. The predicted molar refractivity (Wildman–Crippen MR) is 99.0 cm³/mol. The van der Waals surface area contributed by atoms with Crippen LogP contribution >= 0.6 is 27.7 Å². The Morgan fingerprint density at radius 2 is 1.74 bits per heavy atom. The van der Waals surface area contributed by atoms with E-state index in [1.165, 1.54) is 24.2 Å². The van der Waals surface area contributed by atoms with Crippen molar-refractivity contribution in [2.24, 2.45) is 0 Å². The zero-order valence-electron chi connectivity index (χ0n) is 12.9. The quantitative estimate of drug-likeness (QED) is 0.739. The second-order valence-corrected chi connectivity index (χ2v) is 6.99. The van der Waals surface area contributed by atoms with Gasteiger partial charge in [0.15, 0.2) is 0 Å². The summed E-state index contributed by atoms with van der Waals surface area (Å²) in [6.07, 6.45) is 0. The Balaban J connectivity index is 2.00. The highest BCUT2D eigenvalue weighted by atomic mass is 79.9. The van der Waals surface area contributed by atoms with Gasteiger partial charge in [0.2, 0.25) is 11.8 Å². The molecule has 0 radical (unpaired) electrons. The van der Waals surface area contributed by atoms with Gasteiger partial charge in [-0.1, -0.05) is 33.6 Å². The van der Waals surface area contributed by atoms with E-state index in [1.54, 1.807) is 12.1 Å². The number of amides is 2. The van der Waals surface area contributed by atoms with Crippen LogP contribution < -0.4 is 10.6 Å². The first-order valence-electron chi connectivity index (χ1n) is 7.00. The van der Waals surface area contributed by atoms with Crippen LogP contribution in [0.5, 0.6) is 0 Å². The average Bonchev–Trinajstić information content (AvgIpc) is 2.49. The minimum Gasteiger partial charge on any atom is -0.325 e. The number of thioether (sulfide) groups is 1. The summed E-state index contributed by atoms with van der Waals surface area (Å²) in [6.45, 7) is 3.46. The SMILES string of the molecule is CC(=O)Nc1ccc(Br)cc1NC(=O)CSc1ccc(C)cc1. The van der Waals surface area contributed by atoms with E-state index < -0.39 is 0 Å². The van der Waals surface area contributed by atoms with Gasteiger partial charge in [-0.3, -0.25) is 9.59 Å². The molecule has 0 fully saturated rings. The lowest BCUT2D eigenvalue weighted by atomic mass is 10.2. The Hall–Kier alpha value is -1.79. The number of carbonyl (C=O) groups excluding carboxylic acids is 2. The maximum absolute atomic E-state index is 12.1. The topological polar surface area (TPSA) is 58.2 Å². The largest absolute Gasteiger partial charge is 0.325 e. The Labute approximate surface area is 148 Å². The molecule has 6 heteroatoms. The van der Waals surface area contributed by atoms with Gasteiger partial charge in [0.05, 0.1) is 17.1 Å². The molecule has 2 N–H and O–H groups in total. The van der Waals surface area contributed by atoms with Gasteiger partial charge in [0.25, 0.3) is 0 Å². The van der Waals surface area contributed by atoms with Gasteiger partial charge in [0.1, 0.15) is 0 Å². The summed E-state index contributed by atoms with van der Waals surface area (Å²) in [5, 5.41) is 5.54. The fourth-order valence-electron chi connectivity index (χ4n) is 1.89. The summed E-state index contributed by atoms with van der Waals surface area (Å²) >= 11 is 4.84. The number of hydrogen-bond acceptors (Lipinski definition) is 3. The smallest absolute Gasteiger partial charge is 0.234 e. The van der Waals surface area contributed by atoms with E-state index in [4.69, 9.17) is 0 Å². The highest BCUT2D eigenvalue weighted by molar-refractivity contribution is 9.10. The first-order valence-corrected chi connectivity index (χ1v) is 8.78. The van der Waals surface area contributed by atoms with Gasteiger partial charge < -0.3 is 10.6 Å². The summed E-state index contributed by atoms with van der Waals surface area (Å²) in [7, 11) is 0. The molecule has 0 aliphatic rings. The minimum absolute atomic E-state index is 0.125. The maximum Gasteiger partial charge on any atom is 0.234 e. The van der Waals surface area contributed by atoms with Crippen molar-refractivity contribution in [2.45, 2.75) is 18.7 Å². The molecule has 0 heterocycles. The summed E-state index contributed by atoms with van der Waals surface area (Å²) in [4.78, 5) is 24.4. The Morgan fingerprint density at radius 3 is 2.39 bits per heavy atom. The molecule has 120 valence electrons. The second-order valence-electron chi connectivity index (χ2n) is 5.02. The van der Waals surface area contributed by atoms with Crippen molar-refractivity contribution in [3.05, 3.63) is 52.5 Å². The van der Waals surface area contributed by atoms with Crippen LogP contribution in [0, 0.1) is 6.92 Å². The van der Waals surface area contributed by atoms with Crippen LogP contribution in [-0.2, 0) is 9.59 Å². The molecule has 2 aromatic carbocycles. The zero-order valence-corrected chi connectivity index (χ0v) is 15.3. The number of carbonyl (C=O) groups is 2. The number of aryl methyl sites for hydroxylation is 1. The van der Waals surface area contributed by atoms with Crippen LogP contribution in [0.1, 0.15) is 12.5 Å². The Bertz CT molecular complexity index is 717. The standard InChI is InChI=1S/C17H17BrN2O2S/c1-11-3-6-14(7-4-11)23-10-17(22)20-16-9-13(18)5-8-15(16)19-12(2)21/h3-9H,10H2,1-2H3,(H,19,21)(H,20,22). The molecule has 0 aliphatic heterocycles. The normalized spacial score (nSPS) is 10.2. The van der Waals surface area contributed by atoms with Gasteiger partial charge >= 0.3 is 0 Å². The lowest BCUT2D eigenvalue weighted by Crippen LogP contribution is -2.16. The summed E-state index contributed by atoms with van der Waals surface area (Å²) < 4.78 is 0.827. The Kier molecular flexibility index (Phi) is 6.24. The van der Waals surface area contributed by atoms with E-state index in [2.05, 4.69) is 26.6 Å². The highest BCUT2D eigenvalue weighted by Crippen LogP contribution is 2.27. The molecule has 2 amide bonds. The van der Waals surface area contributed by atoms with E-state index in [0.29, 0.717) is 17.1 Å². The molecule has 0 saturated carbocycles. The molecule has 2 rings (SSSR count). The van der Waals surface area contributed by atoms with Gasteiger partial charge in [0, 0.05) is 16.3 Å². The molecule has 0 saturated heterocycles. The van der Waals surface area contributed by atoms with Gasteiger partial charge in [-0.25, -0.2) is 0 Å². The lowest BCUT2D eigenvalue weighted by Gasteiger charge is -2.12. The third-order valence-electron chi connectivity index (χ3n) is 2.96.